The van der Waals surface area contributed by atoms with E-state index in [0.29, 0.717) is 5.82 Å². The van der Waals surface area contributed by atoms with E-state index in [9.17, 15) is 0 Å². The molecule has 0 fully saturated rings. The Bertz CT molecular complexity index is 573. The summed E-state index contributed by atoms with van der Waals surface area (Å²) in [7, 11) is 1.66. The molecule has 0 amide bonds. The van der Waals surface area contributed by atoms with Gasteiger partial charge in [-0.25, -0.2) is 4.98 Å². The maximum atomic E-state index is 5.86. The number of hydrogen-bond acceptors (Lipinski definition) is 5. The summed E-state index contributed by atoms with van der Waals surface area (Å²) >= 11 is 0. The van der Waals surface area contributed by atoms with Crippen LogP contribution in [0.2, 0.25) is 0 Å². The molecule has 0 atom stereocenters. The van der Waals surface area contributed by atoms with Gasteiger partial charge in [0, 0.05) is 11.8 Å². The van der Waals surface area contributed by atoms with Gasteiger partial charge in [-0.3, -0.25) is 0 Å². The molecular weight excluding hydrogens is 228 g/mol. The molecule has 2 rings (SSSR count). The maximum Gasteiger partial charge on any atom is 0.221 e. The molecule has 18 heavy (non-hydrogen) atoms. The number of rotatable bonds is 2. The summed E-state index contributed by atoms with van der Waals surface area (Å²) in [4.78, 5) is 7.94. The second kappa shape index (κ2) is 4.52. The van der Waals surface area contributed by atoms with Crippen LogP contribution in [0, 0.1) is 13.8 Å². The summed E-state index contributed by atoms with van der Waals surface area (Å²) in [5.74, 6) is 1.44. The molecule has 94 valence electrons. The summed E-state index contributed by atoms with van der Waals surface area (Å²) < 4.78 is 5.33. The zero-order chi connectivity index (χ0) is 13.3. The van der Waals surface area contributed by atoms with Crippen molar-refractivity contribution in [3.05, 3.63) is 29.5 Å². The molecule has 0 saturated carbocycles. The lowest BCUT2D eigenvalue weighted by Crippen LogP contribution is -2.01. The van der Waals surface area contributed by atoms with Gasteiger partial charge in [-0.15, -0.1) is 0 Å². The number of aromatic nitrogens is 2. The molecule has 4 N–H and O–H groups in total. The van der Waals surface area contributed by atoms with Gasteiger partial charge in [-0.05, 0) is 42.7 Å². The number of nitrogen functional groups attached to an aromatic ring is 2. The van der Waals surface area contributed by atoms with Crippen molar-refractivity contribution >= 4 is 11.8 Å². The van der Waals surface area contributed by atoms with Crippen LogP contribution in [0.15, 0.2) is 18.3 Å². The van der Waals surface area contributed by atoms with Crippen LogP contribution in [0.4, 0.5) is 11.8 Å². The molecule has 0 saturated heterocycles. The van der Waals surface area contributed by atoms with Crippen molar-refractivity contribution in [2.24, 2.45) is 0 Å². The lowest BCUT2D eigenvalue weighted by molar-refractivity contribution is 0.408. The Morgan fingerprint density at radius 3 is 2.22 bits per heavy atom. The average Bonchev–Trinajstić information content (AvgIpc) is 2.28. The molecule has 0 unspecified atom stereocenters. The van der Waals surface area contributed by atoms with E-state index in [1.165, 1.54) is 0 Å². The number of nitrogens with two attached hydrogens (primary N) is 2. The summed E-state index contributed by atoms with van der Waals surface area (Å²) in [6.45, 7) is 3.98. The highest BCUT2D eigenvalue weighted by molar-refractivity contribution is 5.75. The zero-order valence-corrected chi connectivity index (χ0v) is 10.7. The normalized spacial score (nSPS) is 10.4. The fraction of sp³-hybridized carbons (Fsp3) is 0.231. The fourth-order valence-corrected chi connectivity index (χ4v) is 2.06. The van der Waals surface area contributed by atoms with E-state index >= 15 is 0 Å². The van der Waals surface area contributed by atoms with Crippen molar-refractivity contribution in [1.82, 2.24) is 9.97 Å². The standard InChI is InChI=1S/C13H16N4O/c1-7-4-9(5-8(2)11(7)18-3)10-6-16-13(15)17-12(10)14/h4-6H,1-3H3,(H4,14,15,16,17). The molecule has 5 heteroatoms. The van der Waals surface area contributed by atoms with Crippen molar-refractivity contribution < 1.29 is 4.74 Å². The molecule has 0 aliphatic carbocycles. The molecule has 1 heterocycles. The number of anilines is 2. The molecule has 5 nitrogen and oxygen atoms in total. The number of benzene rings is 1. The minimum atomic E-state index is 0.179. The second-order valence-electron chi connectivity index (χ2n) is 4.17. The van der Waals surface area contributed by atoms with E-state index in [0.717, 1.165) is 28.0 Å². The van der Waals surface area contributed by atoms with E-state index in [2.05, 4.69) is 9.97 Å². The van der Waals surface area contributed by atoms with E-state index in [4.69, 9.17) is 16.2 Å². The number of nitrogens with zero attached hydrogens (tertiary/aromatic N) is 2. The van der Waals surface area contributed by atoms with Gasteiger partial charge < -0.3 is 16.2 Å². The van der Waals surface area contributed by atoms with Gasteiger partial charge in [0.1, 0.15) is 11.6 Å². The number of aryl methyl sites for hydroxylation is 2. The number of ether oxygens (including phenoxy) is 1. The van der Waals surface area contributed by atoms with Crippen LogP contribution < -0.4 is 16.2 Å². The van der Waals surface area contributed by atoms with Crippen LogP contribution in [0.3, 0.4) is 0 Å². The maximum absolute atomic E-state index is 5.86. The first-order valence-corrected chi connectivity index (χ1v) is 5.56. The van der Waals surface area contributed by atoms with Crippen molar-refractivity contribution in [2.75, 3.05) is 18.6 Å². The van der Waals surface area contributed by atoms with Crippen LogP contribution >= 0.6 is 0 Å². The summed E-state index contributed by atoms with van der Waals surface area (Å²) in [6, 6.07) is 3.99. The first kappa shape index (κ1) is 12.2. The Morgan fingerprint density at radius 2 is 1.72 bits per heavy atom. The van der Waals surface area contributed by atoms with Gasteiger partial charge in [0.15, 0.2) is 0 Å². The second-order valence-corrected chi connectivity index (χ2v) is 4.17. The van der Waals surface area contributed by atoms with Gasteiger partial charge in [0.05, 0.1) is 7.11 Å². The number of hydrogen-bond donors (Lipinski definition) is 2. The highest BCUT2D eigenvalue weighted by Crippen LogP contribution is 2.31. The van der Waals surface area contributed by atoms with Crippen LogP contribution in [0.5, 0.6) is 5.75 Å². The topological polar surface area (TPSA) is 87.0 Å². The molecule has 0 spiro atoms. The van der Waals surface area contributed by atoms with E-state index in [1.54, 1.807) is 13.3 Å². The third-order valence-electron chi connectivity index (χ3n) is 2.81. The quantitative estimate of drug-likeness (QED) is 0.842. The molecule has 1 aromatic carbocycles. The summed E-state index contributed by atoms with van der Waals surface area (Å²) in [5, 5.41) is 0. The highest BCUT2D eigenvalue weighted by Gasteiger charge is 2.10. The Labute approximate surface area is 106 Å². The van der Waals surface area contributed by atoms with Gasteiger partial charge >= 0.3 is 0 Å². The lowest BCUT2D eigenvalue weighted by atomic mass is 10.0. The fourth-order valence-electron chi connectivity index (χ4n) is 2.06. The van der Waals surface area contributed by atoms with Crippen LogP contribution in [0.1, 0.15) is 11.1 Å². The molecule has 0 radical (unpaired) electrons. The van der Waals surface area contributed by atoms with Gasteiger partial charge in [-0.2, -0.15) is 4.98 Å². The highest BCUT2D eigenvalue weighted by atomic mass is 16.5. The first-order chi connectivity index (χ1) is 8.52. The van der Waals surface area contributed by atoms with Crippen molar-refractivity contribution in [1.29, 1.82) is 0 Å². The molecule has 0 bridgehead atoms. The molecule has 0 aliphatic heterocycles. The summed E-state index contributed by atoms with van der Waals surface area (Å²) in [6.07, 6.45) is 1.64. The minimum absolute atomic E-state index is 0.179. The molecule has 2 aromatic rings. The Morgan fingerprint density at radius 1 is 1.11 bits per heavy atom. The average molecular weight is 244 g/mol. The molecular formula is C13H16N4O. The molecule has 1 aromatic heterocycles. The Kier molecular flexibility index (Phi) is 3.06. The summed E-state index contributed by atoms with van der Waals surface area (Å²) in [5.41, 5.74) is 15.2. The van der Waals surface area contributed by atoms with E-state index in [1.807, 2.05) is 26.0 Å². The van der Waals surface area contributed by atoms with E-state index in [-0.39, 0.29) is 5.95 Å². The first-order valence-electron chi connectivity index (χ1n) is 5.56. The van der Waals surface area contributed by atoms with Crippen LogP contribution in [-0.4, -0.2) is 17.1 Å². The van der Waals surface area contributed by atoms with Crippen LogP contribution in [-0.2, 0) is 0 Å². The minimum Gasteiger partial charge on any atom is -0.496 e. The zero-order valence-electron chi connectivity index (χ0n) is 10.7. The van der Waals surface area contributed by atoms with Gasteiger partial charge in [0.25, 0.3) is 0 Å². The molecule has 0 aliphatic rings. The van der Waals surface area contributed by atoms with Crippen molar-refractivity contribution in [2.45, 2.75) is 13.8 Å². The van der Waals surface area contributed by atoms with Gasteiger partial charge in [0.2, 0.25) is 5.95 Å². The predicted molar refractivity (Wildman–Crippen MR) is 72.3 cm³/mol. The SMILES string of the molecule is COc1c(C)cc(-c2cnc(N)nc2N)cc1C. The largest absolute Gasteiger partial charge is 0.496 e. The van der Waals surface area contributed by atoms with Gasteiger partial charge in [-0.1, -0.05) is 0 Å². The lowest BCUT2D eigenvalue weighted by Gasteiger charge is -2.12. The number of methoxy groups -OCH3 is 1. The van der Waals surface area contributed by atoms with E-state index < -0.39 is 0 Å². The Balaban J connectivity index is 2.58. The van der Waals surface area contributed by atoms with Crippen molar-refractivity contribution in [3.63, 3.8) is 0 Å². The van der Waals surface area contributed by atoms with Crippen LogP contribution in [0.25, 0.3) is 11.1 Å². The third-order valence-corrected chi connectivity index (χ3v) is 2.81. The smallest absolute Gasteiger partial charge is 0.221 e. The Hall–Kier alpha value is -2.30. The monoisotopic (exact) mass is 244 g/mol. The predicted octanol–water partition coefficient (Wildman–Crippen LogP) is 1.93. The third kappa shape index (κ3) is 2.07. The van der Waals surface area contributed by atoms with Crippen molar-refractivity contribution in [3.8, 4) is 16.9 Å².